The summed E-state index contributed by atoms with van der Waals surface area (Å²) in [5.41, 5.74) is 8.59. The maximum Gasteiger partial charge on any atom is 0.229 e. The van der Waals surface area contributed by atoms with E-state index in [0.29, 0.717) is 11.5 Å². The lowest BCUT2D eigenvalue weighted by Gasteiger charge is -2.18. The van der Waals surface area contributed by atoms with Gasteiger partial charge in [0, 0.05) is 40.8 Å². The summed E-state index contributed by atoms with van der Waals surface area (Å²) in [6.07, 6.45) is 6.23. The highest BCUT2D eigenvalue weighted by Gasteiger charge is 2.22. The molecule has 0 aliphatic rings. The van der Waals surface area contributed by atoms with E-state index in [1.165, 1.54) is 0 Å². The Morgan fingerprint density at radius 1 is 0.974 bits per heavy atom. The van der Waals surface area contributed by atoms with Crippen LogP contribution in [-0.2, 0) is 11.2 Å². The second-order valence-corrected chi connectivity index (χ2v) is 10.7. The molecular formula is C31H29N7O. The van der Waals surface area contributed by atoms with Gasteiger partial charge in [-0.25, -0.2) is 9.97 Å². The van der Waals surface area contributed by atoms with E-state index in [0.717, 1.165) is 62.0 Å². The fourth-order valence-electron chi connectivity index (χ4n) is 4.61. The zero-order chi connectivity index (χ0) is 27.1. The van der Waals surface area contributed by atoms with Gasteiger partial charge in [0.1, 0.15) is 5.69 Å². The maximum absolute atomic E-state index is 12.7. The van der Waals surface area contributed by atoms with Crippen LogP contribution in [0.4, 0.5) is 5.69 Å². The molecule has 0 unspecified atom stereocenters. The molecule has 39 heavy (non-hydrogen) atoms. The number of anilines is 1. The molecular weight excluding hydrogens is 486 g/mol. The van der Waals surface area contributed by atoms with Gasteiger partial charge in [-0.1, -0.05) is 45.9 Å². The number of para-hydroxylation sites is 1. The van der Waals surface area contributed by atoms with Gasteiger partial charge < -0.3 is 10.3 Å². The van der Waals surface area contributed by atoms with E-state index in [9.17, 15) is 4.79 Å². The summed E-state index contributed by atoms with van der Waals surface area (Å²) < 4.78 is 0. The lowest BCUT2D eigenvalue weighted by atomic mass is 9.95. The zero-order valence-electron chi connectivity index (χ0n) is 22.3. The molecule has 0 fully saturated rings. The largest absolute Gasteiger partial charge is 0.337 e. The van der Waals surface area contributed by atoms with Crippen LogP contribution in [-0.4, -0.2) is 36.0 Å². The Labute approximate surface area is 225 Å². The van der Waals surface area contributed by atoms with Gasteiger partial charge in [-0.2, -0.15) is 5.10 Å². The topological polar surface area (TPSA) is 112 Å². The molecule has 1 amide bonds. The van der Waals surface area contributed by atoms with Crippen LogP contribution in [0, 0.1) is 5.41 Å². The van der Waals surface area contributed by atoms with Gasteiger partial charge in [-0.15, -0.1) is 0 Å². The summed E-state index contributed by atoms with van der Waals surface area (Å²) in [5, 5.41) is 11.5. The number of rotatable bonds is 5. The minimum Gasteiger partial charge on any atom is -0.337 e. The van der Waals surface area contributed by atoms with Crippen molar-refractivity contribution in [3.8, 4) is 33.8 Å². The van der Waals surface area contributed by atoms with E-state index in [4.69, 9.17) is 4.98 Å². The van der Waals surface area contributed by atoms with Crippen molar-refractivity contribution < 1.29 is 4.79 Å². The van der Waals surface area contributed by atoms with Crippen LogP contribution in [0.15, 0.2) is 73.2 Å². The van der Waals surface area contributed by atoms with Crippen LogP contribution in [0.2, 0.25) is 0 Å². The SMILES string of the molecule is CCc1cc(NC(=O)C(C)(C)C)cc(-c2cnc3n[nH]c(-c4nc5c(-c6ccncc6)cccc5[nH]4)c3c2)c1. The summed E-state index contributed by atoms with van der Waals surface area (Å²) in [4.78, 5) is 29.8. The number of fused-ring (bicyclic) bond motifs is 2. The first-order chi connectivity index (χ1) is 18.8. The number of carbonyl (C=O) groups is 1. The predicted molar refractivity (Wildman–Crippen MR) is 155 cm³/mol. The van der Waals surface area contributed by atoms with Crippen molar-refractivity contribution in [1.82, 2.24) is 30.1 Å². The molecule has 6 rings (SSSR count). The Kier molecular flexibility index (Phi) is 5.95. The minimum atomic E-state index is -0.488. The first-order valence-corrected chi connectivity index (χ1v) is 13.0. The third kappa shape index (κ3) is 4.65. The predicted octanol–water partition coefficient (Wildman–Crippen LogP) is 6.78. The van der Waals surface area contributed by atoms with Crippen LogP contribution in [0.25, 0.3) is 55.8 Å². The lowest BCUT2D eigenvalue weighted by Crippen LogP contribution is -2.27. The molecule has 0 aliphatic carbocycles. The smallest absolute Gasteiger partial charge is 0.229 e. The number of nitrogens with one attached hydrogen (secondary N) is 3. The standard InChI is InChI=1S/C31H29N7O/c1-5-18-13-20(15-22(14-18)34-30(39)31(2,3)4)21-16-24-27(37-38-28(24)33-17-21)29-35-25-8-6-7-23(26(25)36-29)19-9-11-32-12-10-19/h6-17H,5H2,1-4H3,(H,34,39)(H,35,36)(H,33,37,38). The Morgan fingerprint density at radius 3 is 2.56 bits per heavy atom. The first-order valence-electron chi connectivity index (χ1n) is 13.0. The molecule has 2 aromatic carbocycles. The first kappa shape index (κ1) is 24.5. The normalized spacial score (nSPS) is 11.8. The average Bonchev–Trinajstić information content (AvgIpc) is 3.56. The number of aromatic nitrogens is 6. The molecule has 0 atom stereocenters. The van der Waals surface area contributed by atoms with Crippen molar-refractivity contribution >= 4 is 33.7 Å². The van der Waals surface area contributed by atoms with Crippen molar-refractivity contribution in [2.75, 3.05) is 5.32 Å². The summed E-state index contributed by atoms with van der Waals surface area (Å²) in [6, 6.07) is 18.3. The fourth-order valence-corrected chi connectivity index (χ4v) is 4.61. The fraction of sp³-hybridized carbons (Fsp3) is 0.194. The molecule has 0 aliphatic heterocycles. The Hall–Kier alpha value is -4.85. The van der Waals surface area contributed by atoms with Crippen LogP contribution < -0.4 is 5.32 Å². The number of imidazole rings is 1. The number of H-pyrrole nitrogens is 2. The number of amides is 1. The van der Waals surface area contributed by atoms with Gasteiger partial charge in [-0.05, 0) is 59.5 Å². The van der Waals surface area contributed by atoms with Crippen LogP contribution in [0.1, 0.15) is 33.3 Å². The van der Waals surface area contributed by atoms with E-state index < -0.39 is 5.41 Å². The number of pyridine rings is 2. The molecule has 8 nitrogen and oxygen atoms in total. The highest BCUT2D eigenvalue weighted by atomic mass is 16.2. The van der Waals surface area contributed by atoms with Gasteiger partial charge in [-0.3, -0.25) is 14.9 Å². The summed E-state index contributed by atoms with van der Waals surface area (Å²) in [5.74, 6) is 0.664. The molecule has 4 aromatic heterocycles. The van der Waals surface area contributed by atoms with Gasteiger partial charge in [0.05, 0.1) is 16.4 Å². The number of hydrogen-bond donors (Lipinski definition) is 3. The van der Waals surface area contributed by atoms with Gasteiger partial charge in [0.2, 0.25) is 5.91 Å². The molecule has 3 N–H and O–H groups in total. The Morgan fingerprint density at radius 2 is 1.79 bits per heavy atom. The Balaban J connectivity index is 1.43. The van der Waals surface area contributed by atoms with Crippen molar-refractivity contribution in [2.45, 2.75) is 34.1 Å². The number of carbonyl (C=O) groups excluding carboxylic acids is 1. The van der Waals surface area contributed by atoms with Crippen molar-refractivity contribution in [3.05, 3.63) is 78.8 Å². The van der Waals surface area contributed by atoms with Gasteiger partial charge in [0.25, 0.3) is 0 Å². The van der Waals surface area contributed by atoms with Crippen LogP contribution in [0.5, 0.6) is 0 Å². The number of aryl methyl sites for hydroxylation is 1. The summed E-state index contributed by atoms with van der Waals surface area (Å²) in [7, 11) is 0. The molecule has 4 heterocycles. The summed E-state index contributed by atoms with van der Waals surface area (Å²) in [6.45, 7) is 7.82. The molecule has 8 heteroatoms. The van der Waals surface area contributed by atoms with Crippen LogP contribution >= 0.6 is 0 Å². The molecule has 0 saturated carbocycles. The third-order valence-corrected chi connectivity index (χ3v) is 6.82. The molecule has 194 valence electrons. The van der Waals surface area contributed by atoms with E-state index in [1.54, 1.807) is 12.4 Å². The summed E-state index contributed by atoms with van der Waals surface area (Å²) >= 11 is 0. The number of nitrogens with zero attached hydrogens (tertiary/aromatic N) is 4. The van der Waals surface area contributed by atoms with E-state index in [-0.39, 0.29) is 5.91 Å². The molecule has 0 bridgehead atoms. The monoisotopic (exact) mass is 515 g/mol. The molecule has 0 spiro atoms. The second-order valence-electron chi connectivity index (χ2n) is 10.7. The van der Waals surface area contributed by atoms with Crippen molar-refractivity contribution in [1.29, 1.82) is 0 Å². The van der Waals surface area contributed by atoms with E-state index in [2.05, 4.69) is 55.6 Å². The quantitative estimate of drug-likeness (QED) is 0.234. The van der Waals surface area contributed by atoms with Crippen molar-refractivity contribution in [3.63, 3.8) is 0 Å². The van der Waals surface area contributed by atoms with Crippen molar-refractivity contribution in [2.24, 2.45) is 5.41 Å². The van der Waals surface area contributed by atoms with Crippen LogP contribution in [0.3, 0.4) is 0 Å². The van der Waals surface area contributed by atoms with E-state index >= 15 is 0 Å². The number of aromatic amines is 2. The van der Waals surface area contributed by atoms with E-state index in [1.807, 2.05) is 63.4 Å². The third-order valence-electron chi connectivity index (χ3n) is 6.82. The number of hydrogen-bond acceptors (Lipinski definition) is 5. The molecule has 6 aromatic rings. The highest BCUT2D eigenvalue weighted by Crippen LogP contribution is 2.33. The number of benzene rings is 2. The second kappa shape index (κ2) is 9.47. The zero-order valence-corrected chi connectivity index (χ0v) is 22.3. The maximum atomic E-state index is 12.7. The van der Waals surface area contributed by atoms with Gasteiger partial charge in [0.15, 0.2) is 11.5 Å². The highest BCUT2D eigenvalue weighted by molar-refractivity contribution is 5.98. The lowest BCUT2D eigenvalue weighted by molar-refractivity contribution is -0.123. The molecule has 0 saturated heterocycles. The molecule has 0 radical (unpaired) electrons. The Bertz CT molecular complexity index is 1830. The minimum absolute atomic E-state index is 0.0246. The average molecular weight is 516 g/mol. The van der Waals surface area contributed by atoms with Gasteiger partial charge >= 0.3 is 0 Å².